The summed E-state index contributed by atoms with van der Waals surface area (Å²) in [7, 11) is 2.00. The molecule has 1 aliphatic rings. The summed E-state index contributed by atoms with van der Waals surface area (Å²) < 4.78 is 0. The van der Waals surface area contributed by atoms with Crippen molar-refractivity contribution < 1.29 is 0 Å². The van der Waals surface area contributed by atoms with Crippen LogP contribution in [0, 0.1) is 0 Å². The molecule has 0 bridgehead atoms. The van der Waals surface area contributed by atoms with Gasteiger partial charge in [0.2, 0.25) is 0 Å². The van der Waals surface area contributed by atoms with Crippen LogP contribution in [0.15, 0.2) is 29.2 Å². The van der Waals surface area contributed by atoms with Gasteiger partial charge in [0.1, 0.15) is 0 Å². The van der Waals surface area contributed by atoms with E-state index in [0.29, 0.717) is 5.92 Å². The first kappa shape index (κ1) is 12.0. The van der Waals surface area contributed by atoms with Crippen molar-refractivity contribution in [1.29, 1.82) is 0 Å². The molecule has 3 heteroatoms. The van der Waals surface area contributed by atoms with Crippen molar-refractivity contribution in [3.05, 3.63) is 29.8 Å². The smallest absolute Gasteiger partial charge is 0.0108 e. The lowest BCUT2D eigenvalue weighted by Gasteiger charge is -2.11. The molecule has 2 N–H and O–H groups in total. The third-order valence-corrected chi connectivity index (χ3v) is 4.22. The van der Waals surface area contributed by atoms with E-state index < -0.39 is 0 Å². The lowest BCUT2D eigenvalue weighted by Crippen LogP contribution is -2.24. The van der Waals surface area contributed by atoms with Crippen LogP contribution in [0.4, 0.5) is 0 Å². The van der Waals surface area contributed by atoms with Crippen LogP contribution in [0.3, 0.4) is 0 Å². The van der Waals surface area contributed by atoms with Crippen LogP contribution in [-0.4, -0.2) is 32.4 Å². The molecular formula is C13H20N2S. The molecule has 2 nitrogen and oxygen atoms in total. The summed E-state index contributed by atoms with van der Waals surface area (Å²) in [5.41, 5.74) is 1.54. The summed E-state index contributed by atoms with van der Waals surface area (Å²) in [6.45, 7) is 3.33. The number of rotatable bonds is 6. The van der Waals surface area contributed by atoms with Crippen molar-refractivity contribution in [3.8, 4) is 0 Å². The monoisotopic (exact) mass is 236 g/mol. The van der Waals surface area contributed by atoms with Crippen LogP contribution in [0.5, 0.6) is 0 Å². The van der Waals surface area contributed by atoms with Gasteiger partial charge >= 0.3 is 0 Å². The number of nitrogens with one attached hydrogen (secondary N) is 2. The molecule has 1 atom stereocenters. The van der Waals surface area contributed by atoms with Crippen molar-refractivity contribution in [3.63, 3.8) is 0 Å². The van der Waals surface area contributed by atoms with Crippen molar-refractivity contribution in [2.75, 3.05) is 32.4 Å². The van der Waals surface area contributed by atoms with Gasteiger partial charge in [0.25, 0.3) is 0 Å². The average molecular weight is 236 g/mol. The van der Waals surface area contributed by atoms with Gasteiger partial charge in [-0.25, -0.2) is 0 Å². The Morgan fingerprint density at radius 1 is 1.31 bits per heavy atom. The third kappa shape index (κ3) is 3.00. The zero-order chi connectivity index (χ0) is 11.2. The van der Waals surface area contributed by atoms with Gasteiger partial charge in [-0.05, 0) is 38.2 Å². The topological polar surface area (TPSA) is 24.1 Å². The van der Waals surface area contributed by atoms with Crippen molar-refractivity contribution in [1.82, 2.24) is 10.6 Å². The standard InChI is InChI=1S/C13H20N2S/c1-14-7-4-8-15-9-11-10-16-13-6-3-2-5-12(11)13/h2-3,5-6,11,14-15H,4,7-10H2,1H3. The Morgan fingerprint density at radius 2 is 2.19 bits per heavy atom. The van der Waals surface area contributed by atoms with E-state index in [1.807, 2.05) is 18.8 Å². The van der Waals surface area contributed by atoms with Gasteiger partial charge in [-0.2, -0.15) is 0 Å². The molecule has 1 aliphatic heterocycles. The van der Waals surface area contributed by atoms with Crippen molar-refractivity contribution in [2.24, 2.45) is 0 Å². The summed E-state index contributed by atoms with van der Waals surface area (Å²) in [5, 5.41) is 6.72. The quantitative estimate of drug-likeness (QED) is 0.740. The Bertz CT molecular complexity index is 327. The van der Waals surface area contributed by atoms with Crippen LogP contribution in [-0.2, 0) is 0 Å². The molecule has 0 spiro atoms. The lowest BCUT2D eigenvalue weighted by atomic mass is 10.0. The Labute approximate surface area is 102 Å². The van der Waals surface area contributed by atoms with Gasteiger partial charge in [0.15, 0.2) is 0 Å². The summed E-state index contributed by atoms with van der Waals surface area (Å²) >= 11 is 1.99. The van der Waals surface area contributed by atoms with Gasteiger partial charge in [0.05, 0.1) is 0 Å². The summed E-state index contributed by atoms with van der Waals surface area (Å²) in [6.07, 6.45) is 1.21. The highest BCUT2D eigenvalue weighted by Gasteiger charge is 2.21. The molecule has 0 amide bonds. The number of hydrogen-bond acceptors (Lipinski definition) is 3. The van der Waals surface area contributed by atoms with Crippen molar-refractivity contribution in [2.45, 2.75) is 17.2 Å². The van der Waals surface area contributed by atoms with Crippen LogP contribution in [0.25, 0.3) is 0 Å². The first-order valence-electron chi connectivity index (χ1n) is 5.99. The molecule has 1 aromatic carbocycles. The second kappa shape index (κ2) is 6.28. The fourth-order valence-electron chi connectivity index (χ4n) is 2.06. The van der Waals surface area contributed by atoms with Crippen LogP contribution < -0.4 is 10.6 Å². The van der Waals surface area contributed by atoms with Crippen molar-refractivity contribution >= 4 is 11.8 Å². The third-order valence-electron chi connectivity index (χ3n) is 2.97. The van der Waals surface area contributed by atoms with Crippen LogP contribution >= 0.6 is 11.8 Å². The van der Waals surface area contributed by atoms with Gasteiger partial charge in [-0.1, -0.05) is 18.2 Å². The predicted molar refractivity (Wildman–Crippen MR) is 71.3 cm³/mol. The van der Waals surface area contributed by atoms with Gasteiger partial charge in [0, 0.05) is 23.1 Å². The number of thioether (sulfide) groups is 1. The molecule has 16 heavy (non-hydrogen) atoms. The van der Waals surface area contributed by atoms with Crippen LogP contribution in [0.2, 0.25) is 0 Å². The first-order chi connectivity index (χ1) is 7.92. The van der Waals surface area contributed by atoms with Gasteiger partial charge in [-0.3, -0.25) is 0 Å². The molecule has 2 rings (SSSR count). The highest BCUT2D eigenvalue weighted by molar-refractivity contribution is 7.99. The molecule has 1 aromatic rings. The molecule has 0 saturated carbocycles. The fraction of sp³-hybridized carbons (Fsp3) is 0.538. The SMILES string of the molecule is CNCCCNCC1CSc2ccccc21. The minimum absolute atomic E-state index is 0.704. The molecule has 0 saturated heterocycles. The van der Waals surface area contributed by atoms with Gasteiger partial charge in [-0.15, -0.1) is 11.8 Å². The number of fused-ring (bicyclic) bond motifs is 1. The van der Waals surface area contributed by atoms with E-state index in [9.17, 15) is 0 Å². The highest BCUT2D eigenvalue weighted by Crippen LogP contribution is 2.38. The number of hydrogen-bond donors (Lipinski definition) is 2. The molecule has 88 valence electrons. The first-order valence-corrected chi connectivity index (χ1v) is 6.97. The van der Waals surface area contributed by atoms with Gasteiger partial charge < -0.3 is 10.6 Å². The molecule has 0 fully saturated rings. The molecular weight excluding hydrogens is 216 g/mol. The largest absolute Gasteiger partial charge is 0.320 e. The average Bonchev–Trinajstić information content (AvgIpc) is 2.73. The minimum Gasteiger partial charge on any atom is -0.320 e. The second-order valence-corrected chi connectivity index (χ2v) is 5.27. The maximum atomic E-state index is 3.55. The van der Waals surface area contributed by atoms with Crippen LogP contribution in [0.1, 0.15) is 17.9 Å². The van der Waals surface area contributed by atoms with E-state index in [-0.39, 0.29) is 0 Å². The maximum absolute atomic E-state index is 3.55. The lowest BCUT2D eigenvalue weighted by molar-refractivity contribution is 0.588. The Morgan fingerprint density at radius 3 is 3.06 bits per heavy atom. The fourth-order valence-corrected chi connectivity index (χ4v) is 3.32. The zero-order valence-corrected chi connectivity index (χ0v) is 10.6. The summed E-state index contributed by atoms with van der Waals surface area (Å²) in [4.78, 5) is 1.48. The van der Waals surface area contributed by atoms with E-state index in [2.05, 4.69) is 34.9 Å². The Hall–Kier alpha value is -0.510. The molecule has 0 aliphatic carbocycles. The summed E-state index contributed by atoms with van der Waals surface area (Å²) in [6, 6.07) is 8.80. The minimum atomic E-state index is 0.704. The Kier molecular flexibility index (Phi) is 4.69. The predicted octanol–water partition coefficient (Wildman–Crippen LogP) is 2.08. The molecule has 1 unspecified atom stereocenters. The van der Waals surface area contributed by atoms with E-state index in [0.717, 1.165) is 19.6 Å². The molecule has 0 aromatic heterocycles. The second-order valence-electron chi connectivity index (χ2n) is 4.21. The maximum Gasteiger partial charge on any atom is 0.0108 e. The highest BCUT2D eigenvalue weighted by atomic mass is 32.2. The molecule has 0 radical (unpaired) electrons. The van der Waals surface area contributed by atoms with E-state index in [4.69, 9.17) is 0 Å². The number of benzene rings is 1. The van der Waals surface area contributed by atoms with E-state index in [1.165, 1.54) is 22.6 Å². The zero-order valence-electron chi connectivity index (χ0n) is 9.83. The normalized spacial score (nSPS) is 18.7. The summed E-state index contributed by atoms with van der Waals surface area (Å²) in [5.74, 6) is 1.94. The molecule has 1 heterocycles. The Balaban J connectivity index is 1.76. The van der Waals surface area contributed by atoms with E-state index >= 15 is 0 Å². The van der Waals surface area contributed by atoms with E-state index in [1.54, 1.807) is 0 Å².